The lowest BCUT2D eigenvalue weighted by atomic mass is 10.0. The van der Waals surface area contributed by atoms with Crippen molar-refractivity contribution < 1.29 is 48.1 Å². The van der Waals surface area contributed by atoms with Crippen molar-refractivity contribution in [2.24, 2.45) is 0 Å². The average molecular weight is 615 g/mol. The van der Waals surface area contributed by atoms with Crippen LogP contribution in [0.3, 0.4) is 0 Å². The molecule has 242 valence electrons. The summed E-state index contributed by atoms with van der Waals surface area (Å²) in [6, 6.07) is 12.4. The first-order valence-electron chi connectivity index (χ1n) is 16.1. The van der Waals surface area contributed by atoms with Gasteiger partial charge in [-0.25, -0.2) is 0 Å². The quantitative estimate of drug-likeness (QED) is 0.142. The molecule has 0 radical (unpaired) electrons. The van der Waals surface area contributed by atoms with Crippen LogP contribution in [0.25, 0.3) is 0 Å². The fourth-order valence-corrected chi connectivity index (χ4v) is 5.32. The molecule has 0 saturated carbocycles. The van der Waals surface area contributed by atoms with Gasteiger partial charge in [0.05, 0.1) is 64.1 Å². The van der Waals surface area contributed by atoms with Crippen LogP contribution in [0.1, 0.15) is 35.1 Å². The smallest absolute Gasteiger partial charge is 0.126 e. The molecule has 4 aliphatic rings. The van der Waals surface area contributed by atoms with Gasteiger partial charge in [0.15, 0.2) is 0 Å². The third-order valence-corrected chi connectivity index (χ3v) is 8.04. The molecule has 4 heterocycles. The molecule has 10 heteroatoms. The van der Waals surface area contributed by atoms with Crippen LogP contribution in [-0.4, -0.2) is 113 Å². The van der Waals surface area contributed by atoms with Crippen LogP contribution in [0.15, 0.2) is 36.4 Å². The van der Waals surface area contributed by atoms with Gasteiger partial charge in [0, 0.05) is 38.9 Å². The molecule has 4 saturated heterocycles. The Bertz CT molecular complexity index is 1020. The topological polar surface area (TPSA) is 128 Å². The summed E-state index contributed by atoms with van der Waals surface area (Å²) in [7, 11) is 0. The first-order chi connectivity index (χ1) is 21.6. The average Bonchev–Trinajstić information content (AvgIpc) is 3.81. The van der Waals surface area contributed by atoms with E-state index in [1.807, 2.05) is 12.1 Å². The monoisotopic (exact) mass is 614 g/mol. The van der Waals surface area contributed by atoms with Crippen molar-refractivity contribution in [3.05, 3.63) is 58.7 Å². The van der Waals surface area contributed by atoms with Crippen molar-refractivity contribution in [3.63, 3.8) is 0 Å². The fraction of sp³-hybridized carbons (Fsp3) is 0.647. The van der Waals surface area contributed by atoms with Crippen molar-refractivity contribution in [3.8, 4) is 11.5 Å². The third-order valence-electron chi connectivity index (χ3n) is 8.04. The second-order valence-corrected chi connectivity index (χ2v) is 12.2. The van der Waals surface area contributed by atoms with Gasteiger partial charge < -0.3 is 48.1 Å². The molecule has 6 unspecified atom stereocenters. The van der Waals surface area contributed by atoms with Crippen LogP contribution in [-0.2, 0) is 54.1 Å². The molecule has 0 bridgehead atoms. The van der Waals surface area contributed by atoms with Gasteiger partial charge in [-0.3, -0.25) is 0 Å². The minimum Gasteiger partial charge on any atom is -0.490 e. The first-order valence-corrected chi connectivity index (χ1v) is 16.1. The molecule has 6 atom stereocenters. The number of benzene rings is 2. The lowest BCUT2D eigenvalue weighted by Crippen LogP contribution is -2.25. The van der Waals surface area contributed by atoms with Gasteiger partial charge in [0.1, 0.15) is 36.9 Å². The highest BCUT2D eigenvalue weighted by Gasteiger charge is 2.29. The van der Waals surface area contributed by atoms with E-state index in [-0.39, 0.29) is 50.8 Å². The highest BCUT2D eigenvalue weighted by molar-refractivity contribution is 5.44. The Morgan fingerprint density at radius 1 is 0.545 bits per heavy atom. The lowest BCUT2D eigenvalue weighted by molar-refractivity contribution is -0.0000498. The van der Waals surface area contributed by atoms with Crippen LogP contribution in [0, 0.1) is 0 Å². The first kappa shape index (κ1) is 31.7. The van der Waals surface area contributed by atoms with Gasteiger partial charge in [-0.1, -0.05) is 36.4 Å². The van der Waals surface area contributed by atoms with Crippen molar-refractivity contribution >= 4 is 0 Å². The zero-order valence-electron chi connectivity index (χ0n) is 25.4. The number of hydrogen-bond donors (Lipinski definition) is 2. The Morgan fingerprint density at radius 3 is 1.16 bits per heavy atom. The molecule has 44 heavy (non-hydrogen) atoms. The maximum Gasteiger partial charge on any atom is 0.126 e. The van der Waals surface area contributed by atoms with Crippen LogP contribution in [0.4, 0.5) is 0 Å². The van der Waals surface area contributed by atoms with E-state index in [0.29, 0.717) is 13.2 Å². The minimum absolute atomic E-state index is 0.165. The van der Waals surface area contributed by atoms with Crippen LogP contribution < -0.4 is 9.47 Å². The number of aliphatic hydroxyl groups is 2. The highest BCUT2D eigenvalue weighted by Crippen LogP contribution is 2.32. The minimum atomic E-state index is -0.726. The van der Waals surface area contributed by atoms with Gasteiger partial charge >= 0.3 is 0 Å². The molecule has 4 fully saturated rings. The van der Waals surface area contributed by atoms with Gasteiger partial charge in [-0.15, -0.1) is 0 Å². The van der Waals surface area contributed by atoms with Crippen molar-refractivity contribution in [2.75, 3.05) is 66.1 Å². The number of unbranched alkanes of at least 4 members (excludes halogenated alkanes) is 1. The summed E-state index contributed by atoms with van der Waals surface area (Å²) in [5, 5.41) is 20.9. The zero-order valence-corrected chi connectivity index (χ0v) is 25.4. The Balaban J connectivity index is 0.829. The Labute approximate surface area is 259 Å². The van der Waals surface area contributed by atoms with E-state index < -0.39 is 12.2 Å². The van der Waals surface area contributed by atoms with Gasteiger partial charge in [-0.2, -0.15) is 0 Å². The molecule has 0 amide bonds. The van der Waals surface area contributed by atoms with E-state index in [2.05, 4.69) is 24.3 Å². The van der Waals surface area contributed by atoms with Crippen LogP contribution >= 0.6 is 0 Å². The number of ether oxygens (including phenoxy) is 8. The Hall–Kier alpha value is -2.28. The molecular formula is C34H46O10. The summed E-state index contributed by atoms with van der Waals surface area (Å²) < 4.78 is 45.2. The van der Waals surface area contributed by atoms with Crippen molar-refractivity contribution in [1.82, 2.24) is 0 Å². The van der Waals surface area contributed by atoms with Crippen LogP contribution in [0.2, 0.25) is 0 Å². The standard InChI is InChI=1S/C34H46O10/c35-27(17-43-33-23(11-29-19-39-29)5-3-6-24(33)12-30-20-40-30)15-37-9-1-2-10-38-16-28(36)18-44-34-25(13-31-21-41-31)7-4-8-26(34)14-32-22-42-32/h3-8,27-32,35-36H,1-2,9-22H2. The summed E-state index contributed by atoms with van der Waals surface area (Å²) in [6.07, 6.45) is 4.42. The van der Waals surface area contributed by atoms with E-state index >= 15 is 0 Å². The van der Waals surface area contributed by atoms with E-state index in [9.17, 15) is 10.2 Å². The molecule has 2 aromatic rings. The van der Waals surface area contributed by atoms with Gasteiger partial charge in [-0.05, 0) is 35.1 Å². The molecular weight excluding hydrogens is 568 g/mol. The lowest BCUT2D eigenvalue weighted by Gasteiger charge is -2.18. The van der Waals surface area contributed by atoms with Gasteiger partial charge in [0.25, 0.3) is 0 Å². The Morgan fingerprint density at radius 2 is 0.864 bits per heavy atom. The highest BCUT2D eigenvalue weighted by atomic mass is 16.6. The predicted octanol–water partition coefficient (Wildman–Crippen LogP) is 2.44. The summed E-state index contributed by atoms with van der Waals surface area (Å²) >= 11 is 0. The molecule has 0 aliphatic carbocycles. The molecule has 0 spiro atoms. The van der Waals surface area contributed by atoms with Gasteiger partial charge in [0.2, 0.25) is 0 Å². The molecule has 2 N–H and O–H groups in total. The molecule has 2 aromatic carbocycles. The maximum absolute atomic E-state index is 10.5. The fourth-order valence-electron chi connectivity index (χ4n) is 5.32. The van der Waals surface area contributed by atoms with E-state index in [4.69, 9.17) is 37.9 Å². The number of aliphatic hydroxyl groups excluding tert-OH is 2. The largest absolute Gasteiger partial charge is 0.490 e. The molecule has 4 aliphatic heterocycles. The molecule has 10 nitrogen and oxygen atoms in total. The summed E-state index contributed by atoms with van der Waals surface area (Å²) in [5.41, 5.74) is 4.43. The van der Waals surface area contributed by atoms with Crippen molar-refractivity contribution in [1.29, 1.82) is 0 Å². The molecule has 6 rings (SSSR count). The number of hydrogen-bond acceptors (Lipinski definition) is 10. The SMILES string of the molecule is OC(COCCCCOCC(O)COc1c(CC2CO2)cccc1CC1CO1)COc1c(CC2CO2)cccc1CC1CO1. The van der Waals surface area contributed by atoms with E-state index in [1.165, 1.54) is 0 Å². The summed E-state index contributed by atoms with van der Waals surface area (Å²) in [6.45, 7) is 4.92. The second kappa shape index (κ2) is 15.8. The zero-order chi connectivity index (χ0) is 30.1. The van der Waals surface area contributed by atoms with E-state index in [1.54, 1.807) is 0 Å². The molecule has 0 aromatic heterocycles. The predicted molar refractivity (Wildman–Crippen MR) is 161 cm³/mol. The van der Waals surface area contributed by atoms with Crippen LogP contribution in [0.5, 0.6) is 11.5 Å². The maximum atomic E-state index is 10.5. The number of para-hydroxylation sites is 2. The second-order valence-electron chi connectivity index (χ2n) is 12.2. The number of rotatable bonds is 23. The Kier molecular flexibility index (Phi) is 11.4. The third kappa shape index (κ3) is 10.7. The summed E-state index contributed by atoms with van der Waals surface area (Å²) in [5.74, 6) is 1.68. The summed E-state index contributed by atoms with van der Waals surface area (Å²) in [4.78, 5) is 0. The van der Waals surface area contributed by atoms with Crippen molar-refractivity contribution in [2.45, 2.75) is 75.1 Å². The van der Waals surface area contributed by atoms with E-state index in [0.717, 1.165) is 98.7 Å². The normalized spacial score (nSPS) is 24.5. The number of epoxide rings is 4.